The summed E-state index contributed by atoms with van der Waals surface area (Å²) in [6.07, 6.45) is 3.98. The molecule has 0 aliphatic carbocycles. The summed E-state index contributed by atoms with van der Waals surface area (Å²) in [5.74, 6) is 4.75. The van der Waals surface area contributed by atoms with E-state index in [1.165, 1.54) is 24.3 Å². The van der Waals surface area contributed by atoms with Crippen molar-refractivity contribution in [1.82, 2.24) is 9.97 Å². The fourth-order valence-corrected chi connectivity index (χ4v) is 3.29. The smallest absolute Gasteiger partial charge is 0.155 e. The SMILES string of the molecule is CCOc1cnc(CCc2cc(F)c(C#Cc3ccc4cc(F)ccc4c3)c(F)c2)nc1. The van der Waals surface area contributed by atoms with Gasteiger partial charge in [-0.3, -0.25) is 0 Å². The summed E-state index contributed by atoms with van der Waals surface area (Å²) < 4.78 is 47.7. The van der Waals surface area contributed by atoms with E-state index in [1.54, 1.807) is 36.7 Å². The highest BCUT2D eigenvalue weighted by Crippen LogP contribution is 2.19. The van der Waals surface area contributed by atoms with Gasteiger partial charge in [0.15, 0.2) is 5.75 Å². The van der Waals surface area contributed by atoms with Crippen LogP contribution >= 0.6 is 0 Å². The van der Waals surface area contributed by atoms with Crippen LogP contribution in [0.2, 0.25) is 0 Å². The van der Waals surface area contributed by atoms with Crippen LogP contribution in [0.5, 0.6) is 5.75 Å². The molecule has 1 aromatic heterocycles. The second kappa shape index (κ2) is 9.52. The lowest BCUT2D eigenvalue weighted by molar-refractivity contribution is 0.337. The van der Waals surface area contributed by atoms with Crippen molar-refractivity contribution in [3.05, 3.63) is 101 Å². The van der Waals surface area contributed by atoms with E-state index in [-0.39, 0.29) is 11.4 Å². The van der Waals surface area contributed by atoms with Crippen molar-refractivity contribution in [3.63, 3.8) is 0 Å². The van der Waals surface area contributed by atoms with Crippen molar-refractivity contribution in [2.45, 2.75) is 19.8 Å². The van der Waals surface area contributed by atoms with Gasteiger partial charge in [-0.1, -0.05) is 24.0 Å². The van der Waals surface area contributed by atoms with Crippen molar-refractivity contribution in [2.75, 3.05) is 6.61 Å². The minimum atomic E-state index is -0.719. The number of nitrogens with zero attached hydrogens (tertiary/aromatic N) is 2. The zero-order valence-corrected chi connectivity index (χ0v) is 17.3. The molecule has 3 aromatic carbocycles. The van der Waals surface area contributed by atoms with Gasteiger partial charge in [0.05, 0.1) is 24.6 Å². The molecule has 0 amide bonds. The normalized spacial score (nSPS) is 10.6. The van der Waals surface area contributed by atoms with E-state index >= 15 is 0 Å². The molecule has 0 unspecified atom stereocenters. The van der Waals surface area contributed by atoms with Gasteiger partial charge in [-0.25, -0.2) is 23.1 Å². The average Bonchev–Trinajstić information content (AvgIpc) is 2.78. The van der Waals surface area contributed by atoms with Gasteiger partial charge in [0.25, 0.3) is 0 Å². The Morgan fingerprint density at radius 1 is 0.812 bits per heavy atom. The summed E-state index contributed by atoms with van der Waals surface area (Å²) in [6, 6.07) is 12.1. The van der Waals surface area contributed by atoms with Crippen LogP contribution in [0.3, 0.4) is 0 Å². The lowest BCUT2D eigenvalue weighted by Crippen LogP contribution is -2.01. The summed E-state index contributed by atoms with van der Waals surface area (Å²) in [5, 5.41) is 1.53. The third-order valence-corrected chi connectivity index (χ3v) is 4.87. The van der Waals surface area contributed by atoms with Gasteiger partial charge in [0.2, 0.25) is 0 Å². The predicted octanol–water partition coefficient (Wildman–Crippen LogP) is 5.63. The molecule has 0 bridgehead atoms. The third-order valence-electron chi connectivity index (χ3n) is 4.87. The topological polar surface area (TPSA) is 35.0 Å². The molecule has 4 rings (SSSR count). The molecule has 32 heavy (non-hydrogen) atoms. The first-order valence-corrected chi connectivity index (χ1v) is 10.1. The maximum absolute atomic E-state index is 14.5. The Morgan fingerprint density at radius 2 is 1.50 bits per heavy atom. The zero-order chi connectivity index (χ0) is 22.5. The first-order chi connectivity index (χ1) is 15.5. The van der Waals surface area contributed by atoms with Crippen LogP contribution < -0.4 is 4.74 Å². The van der Waals surface area contributed by atoms with Gasteiger partial charge in [-0.05, 0) is 66.1 Å². The van der Waals surface area contributed by atoms with E-state index in [1.807, 2.05) is 6.92 Å². The molecule has 3 nitrogen and oxygen atoms in total. The highest BCUT2D eigenvalue weighted by atomic mass is 19.1. The molecule has 0 saturated heterocycles. The maximum atomic E-state index is 14.5. The number of halogens is 3. The summed E-state index contributed by atoms with van der Waals surface area (Å²) in [5.41, 5.74) is 0.792. The lowest BCUT2D eigenvalue weighted by Gasteiger charge is -2.05. The Bertz CT molecular complexity index is 1300. The second-order valence-corrected chi connectivity index (χ2v) is 7.16. The van der Waals surface area contributed by atoms with E-state index in [0.29, 0.717) is 42.1 Å². The molecule has 0 aliphatic heterocycles. The Labute approximate surface area is 183 Å². The molecular weight excluding hydrogens is 413 g/mol. The van der Waals surface area contributed by atoms with Crippen molar-refractivity contribution in [1.29, 1.82) is 0 Å². The zero-order valence-electron chi connectivity index (χ0n) is 17.3. The number of fused-ring (bicyclic) bond motifs is 1. The molecule has 0 aliphatic rings. The molecule has 0 radical (unpaired) electrons. The van der Waals surface area contributed by atoms with Crippen molar-refractivity contribution < 1.29 is 17.9 Å². The molecule has 0 N–H and O–H groups in total. The molecule has 1 heterocycles. The fraction of sp³-hybridized carbons (Fsp3) is 0.154. The van der Waals surface area contributed by atoms with E-state index in [2.05, 4.69) is 21.8 Å². The van der Waals surface area contributed by atoms with Crippen LogP contribution in [0.15, 0.2) is 60.9 Å². The molecular formula is C26H19F3N2O. The Morgan fingerprint density at radius 3 is 2.22 bits per heavy atom. The van der Waals surface area contributed by atoms with Crippen molar-refractivity contribution in [2.24, 2.45) is 0 Å². The summed E-state index contributed by atoms with van der Waals surface area (Å²) in [6.45, 7) is 2.40. The van der Waals surface area contributed by atoms with Crippen LogP contribution in [-0.4, -0.2) is 16.6 Å². The number of rotatable bonds is 5. The Balaban J connectivity index is 1.49. The van der Waals surface area contributed by atoms with Gasteiger partial charge >= 0.3 is 0 Å². The predicted molar refractivity (Wildman–Crippen MR) is 117 cm³/mol. The van der Waals surface area contributed by atoms with Crippen LogP contribution in [0, 0.1) is 29.3 Å². The monoisotopic (exact) mass is 432 g/mol. The van der Waals surface area contributed by atoms with Gasteiger partial charge in [-0.2, -0.15) is 0 Å². The molecule has 0 fully saturated rings. The minimum Gasteiger partial charge on any atom is -0.491 e. The molecule has 0 saturated carbocycles. The molecule has 160 valence electrons. The quantitative estimate of drug-likeness (QED) is 0.384. The van der Waals surface area contributed by atoms with Crippen LogP contribution in [-0.2, 0) is 12.8 Å². The van der Waals surface area contributed by atoms with Crippen molar-refractivity contribution >= 4 is 10.8 Å². The summed E-state index contributed by atoms with van der Waals surface area (Å²) >= 11 is 0. The molecule has 0 atom stereocenters. The van der Waals surface area contributed by atoms with Gasteiger partial charge < -0.3 is 4.74 Å². The second-order valence-electron chi connectivity index (χ2n) is 7.16. The third kappa shape index (κ3) is 5.06. The van der Waals surface area contributed by atoms with Crippen LogP contribution in [0.25, 0.3) is 10.8 Å². The number of hydrogen-bond donors (Lipinski definition) is 0. The Hall–Kier alpha value is -3.85. The number of benzene rings is 3. The fourth-order valence-electron chi connectivity index (χ4n) is 3.29. The van der Waals surface area contributed by atoms with E-state index in [0.717, 1.165) is 10.8 Å². The van der Waals surface area contributed by atoms with E-state index in [9.17, 15) is 13.2 Å². The van der Waals surface area contributed by atoms with Crippen molar-refractivity contribution in [3.8, 4) is 17.6 Å². The summed E-state index contributed by atoms with van der Waals surface area (Å²) in [7, 11) is 0. The molecule has 0 spiro atoms. The number of hydrogen-bond acceptors (Lipinski definition) is 3. The maximum Gasteiger partial charge on any atom is 0.155 e. The highest BCUT2D eigenvalue weighted by Gasteiger charge is 2.10. The lowest BCUT2D eigenvalue weighted by atomic mass is 10.0. The van der Waals surface area contributed by atoms with Crippen LogP contribution in [0.1, 0.15) is 29.4 Å². The van der Waals surface area contributed by atoms with Gasteiger partial charge in [-0.15, -0.1) is 0 Å². The first kappa shape index (κ1) is 21.4. The number of aromatic nitrogens is 2. The van der Waals surface area contributed by atoms with Gasteiger partial charge in [0.1, 0.15) is 23.3 Å². The molecule has 4 aromatic rings. The minimum absolute atomic E-state index is 0.287. The summed E-state index contributed by atoms with van der Waals surface area (Å²) in [4.78, 5) is 8.39. The van der Waals surface area contributed by atoms with Gasteiger partial charge in [0, 0.05) is 12.0 Å². The highest BCUT2D eigenvalue weighted by molar-refractivity contribution is 5.84. The molecule has 6 heteroatoms. The van der Waals surface area contributed by atoms with E-state index in [4.69, 9.17) is 4.74 Å². The first-order valence-electron chi connectivity index (χ1n) is 10.1. The average molecular weight is 432 g/mol. The standard InChI is InChI=1S/C26H19F3N2O/c1-2-32-22-15-30-26(31-16-22)10-5-18-12-24(28)23(25(29)13-18)9-4-17-3-6-20-14-21(27)8-7-19(20)11-17/h3,6-8,11-16H,2,5,10H2,1H3. The van der Waals surface area contributed by atoms with Crippen LogP contribution in [0.4, 0.5) is 13.2 Å². The number of ether oxygens (including phenoxy) is 1. The largest absolute Gasteiger partial charge is 0.491 e. The Kier molecular flexibility index (Phi) is 6.37. The van der Waals surface area contributed by atoms with E-state index < -0.39 is 11.6 Å². The number of aryl methyl sites for hydroxylation is 2.